The van der Waals surface area contributed by atoms with Crippen LogP contribution >= 0.6 is 11.3 Å². The third-order valence-electron chi connectivity index (χ3n) is 5.66. The van der Waals surface area contributed by atoms with Crippen LogP contribution in [0.3, 0.4) is 0 Å². The Labute approximate surface area is 165 Å². The number of aliphatic imine (C=N–C) groups is 1. The fourth-order valence-electron chi connectivity index (χ4n) is 3.98. The molecule has 1 aromatic heterocycles. The molecule has 2 aliphatic rings. The van der Waals surface area contributed by atoms with Crippen molar-refractivity contribution in [1.29, 1.82) is 0 Å². The monoisotopic (exact) mass is 381 g/mol. The van der Waals surface area contributed by atoms with E-state index in [1.807, 2.05) is 23.1 Å². The van der Waals surface area contributed by atoms with Crippen molar-refractivity contribution in [2.24, 2.45) is 4.99 Å². The molecule has 1 saturated heterocycles. The van der Waals surface area contributed by atoms with Crippen molar-refractivity contribution in [2.75, 3.05) is 37.6 Å². The van der Waals surface area contributed by atoms with Crippen molar-refractivity contribution >= 4 is 28.0 Å². The number of rotatable bonds is 4. The Balaban J connectivity index is 1.67. The van der Waals surface area contributed by atoms with Crippen molar-refractivity contribution < 1.29 is 4.79 Å². The molecule has 2 aromatic rings. The summed E-state index contributed by atoms with van der Waals surface area (Å²) in [6, 6.07) is 10.3. The minimum Gasteiger partial charge on any atom is -0.302 e. The molecule has 3 heterocycles. The maximum absolute atomic E-state index is 13.0. The Kier molecular flexibility index (Phi) is 5.41. The quantitative estimate of drug-likeness (QED) is 0.801. The van der Waals surface area contributed by atoms with Gasteiger partial charge >= 0.3 is 0 Å². The summed E-state index contributed by atoms with van der Waals surface area (Å²) in [5.74, 6) is 0.112. The molecule has 0 aliphatic carbocycles. The lowest BCUT2D eigenvalue weighted by Crippen LogP contribution is -2.41. The number of likely N-dealkylation sites (tertiary alicyclic amines) is 1. The number of thiophene rings is 1. The van der Waals surface area contributed by atoms with Crippen molar-refractivity contribution in [3.63, 3.8) is 0 Å². The largest absolute Gasteiger partial charge is 0.302 e. The lowest BCUT2D eigenvalue weighted by atomic mass is 10.00. The molecule has 1 fully saturated rings. The number of benzene rings is 1. The second-order valence-electron chi connectivity index (χ2n) is 7.44. The summed E-state index contributed by atoms with van der Waals surface area (Å²) in [5, 5.41) is 1.08. The maximum Gasteiger partial charge on any atom is 0.249 e. The highest BCUT2D eigenvalue weighted by molar-refractivity contribution is 7.17. The molecule has 5 heteroatoms. The minimum absolute atomic E-state index is 0.112. The predicted molar refractivity (Wildman–Crippen MR) is 113 cm³/mol. The van der Waals surface area contributed by atoms with E-state index in [0.717, 1.165) is 48.0 Å². The number of aryl methyl sites for hydroxylation is 1. The van der Waals surface area contributed by atoms with Crippen LogP contribution in [0, 0.1) is 13.8 Å². The van der Waals surface area contributed by atoms with E-state index < -0.39 is 0 Å². The molecular formula is C22H27N3OS. The average Bonchev–Trinajstić information content (AvgIpc) is 2.91. The summed E-state index contributed by atoms with van der Waals surface area (Å²) in [7, 11) is 0. The Bertz CT molecular complexity index is 850. The lowest BCUT2D eigenvalue weighted by molar-refractivity contribution is -0.117. The second-order valence-corrected chi connectivity index (χ2v) is 8.65. The molecule has 2 aliphatic heterocycles. The highest BCUT2D eigenvalue weighted by atomic mass is 32.1. The number of carbonyl (C=O) groups excluding carboxylic acids is 1. The van der Waals surface area contributed by atoms with E-state index in [0.29, 0.717) is 0 Å². The van der Waals surface area contributed by atoms with Gasteiger partial charge in [0.2, 0.25) is 5.91 Å². The minimum atomic E-state index is 0.112. The summed E-state index contributed by atoms with van der Waals surface area (Å²) in [6.07, 6.45) is 3.89. The fourth-order valence-corrected chi connectivity index (χ4v) is 5.18. The van der Waals surface area contributed by atoms with E-state index >= 15 is 0 Å². The Morgan fingerprint density at radius 3 is 2.52 bits per heavy atom. The number of anilines is 1. The first-order chi connectivity index (χ1) is 13.1. The van der Waals surface area contributed by atoms with Gasteiger partial charge in [0, 0.05) is 29.1 Å². The van der Waals surface area contributed by atoms with Crippen LogP contribution in [-0.2, 0) is 4.79 Å². The molecule has 0 atom stereocenters. The first-order valence-electron chi connectivity index (χ1n) is 9.88. The summed E-state index contributed by atoms with van der Waals surface area (Å²) in [4.78, 5) is 23.5. The molecule has 0 unspecified atom stereocenters. The molecule has 1 aromatic carbocycles. The van der Waals surface area contributed by atoms with Crippen molar-refractivity contribution in [1.82, 2.24) is 4.90 Å². The molecule has 1 amide bonds. The van der Waals surface area contributed by atoms with Gasteiger partial charge in [-0.05, 0) is 45.3 Å². The molecule has 0 N–H and O–H groups in total. The van der Waals surface area contributed by atoms with Crippen LogP contribution in [0.15, 0.2) is 35.3 Å². The maximum atomic E-state index is 13.0. The summed E-state index contributed by atoms with van der Waals surface area (Å²) in [6.45, 7) is 8.54. The van der Waals surface area contributed by atoms with E-state index in [9.17, 15) is 4.79 Å². The highest BCUT2D eigenvalue weighted by Gasteiger charge is 2.29. The normalized spacial score (nSPS) is 18.2. The number of piperidine rings is 1. The van der Waals surface area contributed by atoms with Gasteiger partial charge in [0.15, 0.2) is 0 Å². The van der Waals surface area contributed by atoms with Crippen LogP contribution in [0.2, 0.25) is 0 Å². The van der Waals surface area contributed by atoms with Gasteiger partial charge in [-0.15, -0.1) is 11.3 Å². The van der Waals surface area contributed by atoms with E-state index in [1.165, 1.54) is 29.7 Å². The van der Waals surface area contributed by atoms with Crippen LogP contribution in [0.1, 0.15) is 40.8 Å². The zero-order valence-corrected chi connectivity index (χ0v) is 17.0. The van der Waals surface area contributed by atoms with Gasteiger partial charge < -0.3 is 9.80 Å². The van der Waals surface area contributed by atoms with Crippen LogP contribution in [-0.4, -0.2) is 49.2 Å². The zero-order chi connectivity index (χ0) is 18.8. The highest BCUT2D eigenvalue weighted by Crippen LogP contribution is 2.38. The summed E-state index contributed by atoms with van der Waals surface area (Å²) in [5.41, 5.74) is 4.44. The van der Waals surface area contributed by atoms with Gasteiger partial charge in [-0.1, -0.05) is 36.8 Å². The Hall–Kier alpha value is -1.98. The number of carbonyl (C=O) groups is 1. The SMILES string of the molecule is Cc1sc2c(c1C)C(c1ccccc1)=NCC(=O)N2CCN1CCCCC1. The molecule has 0 radical (unpaired) electrons. The van der Waals surface area contributed by atoms with Gasteiger partial charge in [0.1, 0.15) is 11.5 Å². The molecule has 4 nitrogen and oxygen atoms in total. The second kappa shape index (κ2) is 7.95. The smallest absolute Gasteiger partial charge is 0.249 e. The molecule has 0 bridgehead atoms. The molecule has 4 rings (SSSR count). The van der Waals surface area contributed by atoms with Crippen molar-refractivity contribution in [3.8, 4) is 0 Å². The molecule has 0 saturated carbocycles. The fraction of sp³-hybridized carbons (Fsp3) is 0.455. The predicted octanol–water partition coefficient (Wildman–Crippen LogP) is 4.03. The van der Waals surface area contributed by atoms with E-state index in [4.69, 9.17) is 4.99 Å². The third-order valence-corrected chi connectivity index (χ3v) is 6.89. The summed E-state index contributed by atoms with van der Waals surface area (Å²) < 4.78 is 0. The van der Waals surface area contributed by atoms with Gasteiger partial charge in [-0.25, -0.2) is 0 Å². The standard InChI is InChI=1S/C22H27N3OS/c1-16-17(2)27-22-20(16)21(18-9-5-3-6-10-18)23-15-19(26)25(22)14-13-24-11-7-4-8-12-24/h3,5-6,9-10H,4,7-8,11-15H2,1-2H3. The third kappa shape index (κ3) is 3.71. The van der Waals surface area contributed by atoms with Crippen LogP contribution < -0.4 is 4.90 Å². The number of hydrogen-bond donors (Lipinski definition) is 0. The Morgan fingerprint density at radius 1 is 1.04 bits per heavy atom. The van der Waals surface area contributed by atoms with E-state index in [2.05, 4.69) is 30.9 Å². The van der Waals surface area contributed by atoms with Crippen molar-refractivity contribution in [2.45, 2.75) is 33.1 Å². The average molecular weight is 382 g/mol. The number of fused-ring (bicyclic) bond motifs is 1. The van der Waals surface area contributed by atoms with Gasteiger partial charge in [0.25, 0.3) is 0 Å². The molecular weight excluding hydrogens is 354 g/mol. The first kappa shape index (κ1) is 18.4. The molecule has 0 spiro atoms. The van der Waals surface area contributed by atoms with Gasteiger partial charge in [-0.2, -0.15) is 0 Å². The number of nitrogens with zero attached hydrogens (tertiary/aromatic N) is 3. The van der Waals surface area contributed by atoms with Gasteiger partial charge in [-0.3, -0.25) is 9.79 Å². The molecule has 27 heavy (non-hydrogen) atoms. The lowest BCUT2D eigenvalue weighted by Gasteiger charge is -2.29. The molecule has 142 valence electrons. The zero-order valence-electron chi connectivity index (χ0n) is 16.2. The van der Waals surface area contributed by atoms with Crippen LogP contribution in [0.25, 0.3) is 0 Å². The van der Waals surface area contributed by atoms with E-state index in [-0.39, 0.29) is 12.5 Å². The summed E-state index contributed by atoms with van der Waals surface area (Å²) >= 11 is 1.73. The first-order valence-corrected chi connectivity index (χ1v) is 10.7. The number of amides is 1. The van der Waals surface area contributed by atoms with Crippen LogP contribution in [0.5, 0.6) is 0 Å². The topological polar surface area (TPSA) is 35.9 Å². The Morgan fingerprint density at radius 2 is 1.78 bits per heavy atom. The number of hydrogen-bond acceptors (Lipinski definition) is 4. The van der Waals surface area contributed by atoms with Gasteiger partial charge in [0.05, 0.1) is 5.71 Å². The van der Waals surface area contributed by atoms with E-state index in [1.54, 1.807) is 11.3 Å². The van der Waals surface area contributed by atoms with Crippen molar-refractivity contribution in [3.05, 3.63) is 51.9 Å². The van der Waals surface area contributed by atoms with Crippen LogP contribution in [0.4, 0.5) is 5.00 Å².